The fourth-order valence-corrected chi connectivity index (χ4v) is 2.96. The van der Waals surface area contributed by atoms with Crippen LogP contribution in [0.1, 0.15) is 10.4 Å². The molecule has 0 aliphatic heterocycles. The molecule has 28 heavy (non-hydrogen) atoms. The van der Waals surface area contributed by atoms with Crippen LogP contribution in [0.4, 0.5) is 0 Å². The highest BCUT2D eigenvalue weighted by molar-refractivity contribution is 5.96. The van der Waals surface area contributed by atoms with Crippen LogP contribution in [0.3, 0.4) is 0 Å². The third-order valence-corrected chi connectivity index (χ3v) is 4.32. The van der Waals surface area contributed by atoms with Crippen molar-refractivity contribution < 1.29 is 4.79 Å². The number of para-hydroxylation sites is 1. The first-order valence-electron chi connectivity index (χ1n) is 8.82. The Morgan fingerprint density at radius 2 is 1.61 bits per heavy atom. The molecule has 5 nitrogen and oxygen atoms in total. The first kappa shape index (κ1) is 17.4. The van der Waals surface area contributed by atoms with Crippen molar-refractivity contribution in [2.24, 2.45) is 0 Å². The fourth-order valence-electron chi connectivity index (χ4n) is 2.96. The van der Waals surface area contributed by atoms with E-state index in [0.717, 1.165) is 5.56 Å². The van der Waals surface area contributed by atoms with Crippen LogP contribution in [-0.2, 0) is 0 Å². The van der Waals surface area contributed by atoms with Crippen LogP contribution >= 0.6 is 0 Å². The molecule has 5 heteroatoms. The number of allylic oxidation sites excluding steroid dienone is 1. The Kier molecular flexibility index (Phi) is 4.80. The predicted molar refractivity (Wildman–Crippen MR) is 109 cm³/mol. The summed E-state index contributed by atoms with van der Waals surface area (Å²) in [6.45, 7) is 0. The van der Waals surface area contributed by atoms with Gasteiger partial charge in [-0.25, -0.2) is 9.36 Å². The average Bonchev–Trinajstić information content (AvgIpc) is 3.11. The number of rotatable bonds is 4. The van der Waals surface area contributed by atoms with Gasteiger partial charge in [0.25, 0.3) is 5.91 Å². The van der Waals surface area contributed by atoms with Crippen molar-refractivity contribution in [3.05, 3.63) is 114 Å². The van der Waals surface area contributed by atoms with Crippen molar-refractivity contribution in [1.29, 1.82) is 0 Å². The summed E-state index contributed by atoms with van der Waals surface area (Å²) in [4.78, 5) is 30.1. The van der Waals surface area contributed by atoms with Gasteiger partial charge in [0.1, 0.15) is 0 Å². The van der Waals surface area contributed by atoms with Crippen molar-refractivity contribution in [2.45, 2.75) is 0 Å². The smallest absolute Gasteiger partial charge is 0.269 e. The zero-order valence-electron chi connectivity index (χ0n) is 15.0. The molecule has 0 saturated heterocycles. The summed E-state index contributed by atoms with van der Waals surface area (Å²) < 4.78 is 2.64. The number of benzene rings is 2. The second-order valence-corrected chi connectivity index (χ2v) is 6.16. The maximum Gasteiger partial charge on any atom is 0.340 e. The van der Waals surface area contributed by atoms with Crippen molar-refractivity contribution in [2.75, 3.05) is 0 Å². The molecule has 2 heterocycles. The van der Waals surface area contributed by atoms with E-state index in [1.807, 2.05) is 66.7 Å². The lowest BCUT2D eigenvalue weighted by molar-refractivity contribution is 0.0967. The summed E-state index contributed by atoms with van der Waals surface area (Å²) in [5.41, 5.74) is 2.33. The highest BCUT2D eigenvalue weighted by Gasteiger charge is 2.18. The van der Waals surface area contributed by atoms with E-state index < -0.39 is 11.6 Å². The lowest BCUT2D eigenvalue weighted by Gasteiger charge is -2.02. The minimum absolute atomic E-state index is 0.414. The van der Waals surface area contributed by atoms with E-state index >= 15 is 0 Å². The maximum absolute atomic E-state index is 13.1. The Balaban J connectivity index is 1.83. The number of carbonyl (C=O) groups excluding carboxylic acids is 1. The van der Waals surface area contributed by atoms with Gasteiger partial charge in [0.2, 0.25) is 0 Å². The monoisotopic (exact) mass is 367 g/mol. The summed E-state index contributed by atoms with van der Waals surface area (Å²) >= 11 is 0. The molecule has 0 spiro atoms. The van der Waals surface area contributed by atoms with Gasteiger partial charge in [-0.1, -0.05) is 48.5 Å². The van der Waals surface area contributed by atoms with Gasteiger partial charge >= 0.3 is 5.69 Å². The third-order valence-electron chi connectivity index (χ3n) is 4.32. The van der Waals surface area contributed by atoms with E-state index in [9.17, 15) is 9.59 Å². The molecule has 0 amide bonds. The van der Waals surface area contributed by atoms with E-state index in [2.05, 4.69) is 4.98 Å². The van der Waals surface area contributed by atoms with Crippen LogP contribution < -0.4 is 5.69 Å². The largest absolute Gasteiger partial charge is 0.340 e. The van der Waals surface area contributed by atoms with E-state index in [-0.39, 0.29) is 0 Å². The molecule has 136 valence electrons. The Labute approximate surface area is 161 Å². The van der Waals surface area contributed by atoms with Gasteiger partial charge in [0.05, 0.1) is 11.4 Å². The highest BCUT2D eigenvalue weighted by atomic mass is 16.2. The van der Waals surface area contributed by atoms with Gasteiger partial charge in [-0.05, 0) is 35.9 Å². The van der Waals surface area contributed by atoms with Crippen LogP contribution in [0.25, 0.3) is 23.0 Å². The zero-order valence-corrected chi connectivity index (χ0v) is 15.0. The van der Waals surface area contributed by atoms with Crippen LogP contribution in [-0.4, -0.2) is 20.0 Å². The Morgan fingerprint density at radius 1 is 0.893 bits per heavy atom. The van der Waals surface area contributed by atoms with E-state index in [1.54, 1.807) is 30.7 Å². The number of carbonyl (C=O) groups is 1. The normalized spacial score (nSPS) is 11.0. The Hall–Kier alpha value is -3.99. The topological polar surface area (TPSA) is 56.9 Å². The Bertz CT molecular complexity index is 1180. The van der Waals surface area contributed by atoms with Crippen molar-refractivity contribution in [3.8, 4) is 16.9 Å². The molecular weight excluding hydrogens is 350 g/mol. The molecule has 2 aromatic heterocycles. The lowest BCUT2D eigenvalue weighted by Crippen LogP contribution is -2.27. The number of hydrogen-bond donors (Lipinski definition) is 0. The van der Waals surface area contributed by atoms with Gasteiger partial charge in [0.15, 0.2) is 0 Å². The van der Waals surface area contributed by atoms with Crippen LogP contribution in [0.2, 0.25) is 0 Å². The molecular formula is C23H17N3O2. The molecule has 0 aliphatic rings. The molecule has 0 fully saturated rings. The standard InChI is InChI=1S/C23H17N3O2/c27-22(14-13-18-8-3-1-4-9-18)26-21(19-10-7-15-24-16-19)17-25(23(26)28)20-11-5-2-6-12-20/h1-17H/b14-13+. The molecule has 4 rings (SSSR count). The zero-order chi connectivity index (χ0) is 19.3. The second-order valence-electron chi connectivity index (χ2n) is 6.16. The molecule has 0 saturated carbocycles. The third kappa shape index (κ3) is 3.46. The average molecular weight is 367 g/mol. The highest BCUT2D eigenvalue weighted by Crippen LogP contribution is 2.19. The van der Waals surface area contributed by atoms with Crippen molar-refractivity contribution >= 4 is 12.0 Å². The number of nitrogens with zero attached hydrogens (tertiary/aromatic N) is 3. The summed E-state index contributed by atoms with van der Waals surface area (Å²) in [5, 5.41) is 0. The fraction of sp³-hybridized carbons (Fsp3) is 0. The van der Waals surface area contributed by atoms with Gasteiger partial charge < -0.3 is 0 Å². The van der Waals surface area contributed by atoms with E-state index in [4.69, 9.17) is 0 Å². The van der Waals surface area contributed by atoms with E-state index in [0.29, 0.717) is 16.9 Å². The molecule has 0 atom stereocenters. The molecule has 2 aromatic carbocycles. The first-order chi connectivity index (χ1) is 13.7. The molecule has 0 unspecified atom stereocenters. The summed E-state index contributed by atoms with van der Waals surface area (Å²) in [7, 11) is 0. The minimum Gasteiger partial charge on any atom is -0.269 e. The number of hydrogen-bond acceptors (Lipinski definition) is 3. The summed E-state index contributed by atoms with van der Waals surface area (Å²) in [5.74, 6) is -0.414. The van der Waals surface area contributed by atoms with Gasteiger partial charge in [-0.15, -0.1) is 0 Å². The number of aromatic nitrogens is 3. The van der Waals surface area contributed by atoms with E-state index in [1.165, 1.54) is 15.2 Å². The number of imidazole rings is 1. The quantitative estimate of drug-likeness (QED) is 0.511. The van der Waals surface area contributed by atoms with Crippen LogP contribution in [0.15, 0.2) is 102 Å². The van der Waals surface area contributed by atoms with Gasteiger partial charge in [-0.2, -0.15) is 0 Å². The van der Waals surface area contributed by atoms with Crippen LogP contribution in [0, 0.1) is 0 Å². The molecule has 4 aromatic rings. The van der Waals surface area contributed by atoms with Crippen molar-refractivity contribution in [1.82, 2.24) is 14.1 Å². The Morgan fingerprint density at radius 3 is 2.29 bits per heavy atom. The lowest BCUT2D eigenvalue weighted by atomic mass is 10.2. The minimum atomic E-state index is -0.423. The first-order valence-corrected chi connectivity index (χ1v) is 8.82. The number of pyridine rings is 1. The molecule has 0 bridgehead atoms. The van der Waals surface area contributed by atoms with Gasteiger partial charge in [0, 0.05) is 30.2 Å². The predicted octanol–water partition coefficient (Wildman–Crippen LogP) is 4.05. The second kappa shape index (κ2) is 7.72. The summed E-state index contributed by atoms with van der Waals surface area (Å²) in [6.07, 6.45) is 8.06. The van der Waals surface area contributed by atoms with Crippen LogP contribution in [0.5, 0.6) is 0 Å². The maximum atomic E-state index is 13.1. The molecule has 0 N–H and O–H groups in total. The van der Waals surface area contributed by atoms with Gasteiger partial charge in [-0.3, -0.25) is 14.3 Å². The summed E-state index contributed by atoms with van der Waals surface area (Å²) in [6, 6.07) is 22.3. The molecule has 0 aliphatic carbocycles. The SMILES string of the molecule is O=C(/C=C/c1ccccc1)n1c(-c2cccnc2)cn(-c2ccccc2)c1=O. The van der Waals surface area contributed by atoms with Crippen molar-refractivity contribution in [3.63, 3.8) is 0 Å². The molecule has 0 radical (unpaired) electrons.